The molecule has 0 radical (unpaired) electrons. The highest BCUT2D eigenvalue weighted by Crippen LogP contribution is 2.35. The van der Waals surface area contributed by atoms with Crippen LogP contribution in [0.25, 0.3) is 0 Å². The molecule has 0 spiro atoms. The number of carbonyl (C=O) groups is 2. The molecule has 1 aromatic carbocycles. The summed E-state index contributed by atoms with van der Waals surface area (Å²) < 4.78 is 39.8. The van der Waals surface area contributed by atoms with Crippen molar-refractivity contribution in [2.75, 3.05) is 26.2 Å². The first-order valence-electron chi connectivity index (χ1n) is 9.54. The molecule has 1 heterocycles. The van der Waals surface area contributed by atoms with E-state index >= 15 is 0 Å². The summed E-state index contributed by atoms with van der Waals surface area (Å²) in [5, 5.41) is 9.55. The maximum Gasteiger partial charge on any atom is 0.307 e. The lowest BCUT2D eigenvalue weighted by Gasteiger charge is -2.38. The number of carboxylic acids is 1. The predicted molar refractivity (Wildman–Crippen MR) is 104 cm³/mol. The van der Waals surface area contributed by atoms with Gasteiger partial charge in [-0.1, -0.05) is 11.1 Å². The summed E-state index contributed by atoms with van der Waals surface area (Å²) in [6.45, 7) is 4.44. The Kier molecular flexibility index (Phi) is 6.09. The summed E-state index contributed by atoms with van der Waals surface area (Å²) in [5.41, 5.74) is 2.05. The minimum absolute atomic E-state index is 0.00753. The molecule has 1 fully saturated rings. The number of hydrogen-bond acceptors (Lipinski definition) is 4. The molecule has 1 N–H and O–H groups in total. The van der Waals surface area contributed by atoms with Crippen LogP contribution in [0.3, 0.4) is 0 Å². The van der Waals surface area contributed by atoms with Gasteiger partial charge in [0.05, 0.1) is 16.7 Å². The third-order valence-electron chi connectivity index (χ3n) is 5.90. The lowest BCUT2D eigenvalue weighted by atomic mass is 9.76. The zero-order chi connectivity index (χ0) is 21.3. The van der Waals surface area contributed by atoms with Crippen molar-refractivity contribution in [2.45, 2.75) is 31.6 Å². The van der Waals surface area contributed by atoms with Crippen LogP contribution >= 0.6 is 0 Å². The normalized spacial score (nSPS) is 23.9. The monoisotopic (exact) mass is 424 g/mol. The van der Waals surface area contributed by atoms with Gasteiger partial charge in [0.25, 0.3) is 0 Å². The molecule has 1 aliphatic carbocycles. The van der Waals surface area contributed by atoms with E-state index < -0.39 is 33.6 Å². The molecule has 1 aromatic rings. The van der Waals surface area contributed by atoms with Crippen LogP contribution in [0.4, 0.5) is 4.39 Å². The predicted octanol–water partition coefficient (Wildman–Crippen LogP) is 2.11. The van der Waals surface area contributed by atoms with Gasteiger partial charge in [-0.3, -0.25) is 9.59 Å². The van der Waals surface area contributed by atoms with E-state index in [2.05, 4.69) is 0 Å². The van der Waals surface area contributed by atoms with Gasteiger partial charge >= 0.3 is 5.97 Å². The fourth-order valence-corrected chi connectivity index (χ4v) is 5.37. The molecule has 0 aromatic heterocycles. The number of sulfonamides is 1. The number of aliphatic carboxylic acids is 1. The third kappa shape index (κ3) is 4.35. The average molecular weight is 424 g/mol. The van der Waals surface area contributed by atoms with Gasteiger partial charge in [-0.15, -0.1) is 0 Å². The van der Waals surface area contributed by atoms with Crippen LogP contribution in [0, 0.1) is 17.7 Å². The number of allylic oxidation sites excluding steroid dienone is 2. The van der Waals surface area contributed by atoms with Gasteiger partial charge in [0, 0.05) is 26.2 Å². The first kappa shape index (κ1) is 21.4. The molecule has 0 saturated carbocycles. The second-order valence-corrected chi connectivity index (χ2v) is 9.64. The maximum absolute atomic E-state index is 13.1. The van der Waals surface area contributed by atoms with Gasteiger partial charge < -0.3 is 10.0 Å². The largest absolute Gasteiger partial charge is 0.481 e. The van der Waals surface area contributed by atoms with Crippen LogP contribution in [0.2, 0.25) is 0 Å². The minimum atomic E-state index is -3.77. The fourth-order valence-electron chi connectivity index (χ4n) is 3.95. The van der Waals surface area contributed by atoms with Crippen molar-refractivity contribution in [3.8, 4) is 0 Å². The quantitative estimate of drug-likeness (QED) is 0.747. The van der Waals surface area contributed by atoms with Crippen molar-refractivity contribution in [1.29, 1.82) is 0 Å². The molecule has 2 atom stereocenters. The van der Waals surface area contributed by atoms with E-state index in [1.807, 2.05) is 13.8 Å². The van der Waals surface area contributed by atoms with Crippen LogP contribution < -0.4 is 0 Å². The summed E-state index contributed by atoms with van der Waals surface area (Å²) in [5.74, 6) is -3.11. The van der Waals surface area contributed by atoms with Crippen molar-refractivity contribution in [2.24, 2.45) is 11.8 Å². The van der Waals surface area contributed by atoms with E-state index in [-0.39, 0.29) is 37.0 Å². The fraction of sp³-hybridized carbons (Fsp3) is 0.500. The summed E-state index contributed by atoms with van der Waals surface area (Å²) in [6.07, 6.45) is 0.770. The van der Waals surface area contributed by atoms with Gasteiger partial charge in [-0.05, 0) is 51.0 Å². The van der Waals surface area contributed by atoms with Gasteiger partial charge in [0.15, 0.2) is 0 Å². The smallest absolute Gasteiger partial charge is 0.307 e. The molecule has 1 amide bonds. The van der Waals surface area contributed by atoms with Gasteiger partial charge in [0.2, 0.25) is 15.9 Å². The number of piperazine rings is 1. The number of nitrogens with zero attached hydrogens (tertiary/aromatic N) is 2. The highest BCUT2D eigenvalue weighted by Gasteiger charge is 2.40. The van der Waals surface area contributed by atoms with E-state index in [9.17, 15) is 27.5 Å². The summed E-state index contributed by atoms with van der Waals surface area (Å²) in [4.78, 5) is 26.2. The van der Waals surface area contributed by atoms with Crippen molar-refractivity contribution >= 4 is 21.9 Å². The van der Waals surface area contributed by atoms with Crippen molar-refractivity contribution in [3.05, 3.63) is 41.2 Å². The topological polar surface area (TPSA) is 95.0 Å². The molecule has 1 saturated heterocycles. The molecule has 2 aliphatic rings. The second-order valence-electron chi connectivity index (χ2n) is 7.70. The molecule has 1 aliphatic heterocycles. The molecule has 7 nitrogen and oxygen atoms in total. The highest BCUT2D eigenvalue weighted by atomic mass is 32.2. The van der Waals surface area contributed by atoms with Crippen LogP contribution in [0.1, 0.15) is 26.7 Å². The number of carboxylic acid groups (broad SMARTS) is 1. The number of carbonyl (C=O) groups excluding carboxylic acids is 1. The average Bonchev–Trinajstić information content (AvgIpc) is 2.69. The summed E-state index contributed by atoms with van der Waals surface area (Å²) >= 11 is 0. The standard InChI is InChI=1S/C20H25FN2O5S/c1-13-11-17(18(20(25)26)12-14(13)2)19(24)22-7-9-23(10-8-22)29(27,28)16-5-3-15(21)4-6-16/h3-6,17-18H,7-12H2,1-2H3,(H,25,26)/t17-,18+/m0/s1. The molecule has 9 heteroatoms. The van der Waals surface area contributed by atoms with E-state index in [0.29, 0.717) is 12.8 Å². The number of benzene rings is 1. The number of hydrogen-bond donors (Lipinski definition) is 1. The molecule has 158 valence electrons. The second kappa shape index (κ2) is 8.23. The SMILES string of the molecule is CC1=C(C)C[C@@H](C(=O)O)[C@@H](C(=O)N2CCN(S(=O)(=O)c3ccc(F)cc3)CC2)C1. The maximum atomic E-state index is 13.1. The molecular formula is C20H25FN2O5S. The molecule has 0 unspecified atom stereocenters. The van der Waals surface area contributed by atoms with E-state index in [4.69, 9.17) is 0 Å². The first-order chi connectivity index (χ1) is 13.6. The Labute approximate surface area is 169 Å². The van der Waals surface area contributed by atoms with Crippen molar-refractivity contribution < 1.29 is 27.5 Å². The van der Waals surface area contributed by atoms with Gasteiger partial charge in [-0.2, -0.15) is 4.31 Å². The van der Waals surface area contributed by atoms with Crippen LogP contribution in [-0.2, 0) is 19.6 Å². The summed E-state index contributed by atoms with van der Waals surface area (Å²) in [6, 6.07) is 4.64. The van der Waals surface area contributed by atoms with Gasteiger partial charge in [0.1, 0.15) is 5.82 Å². The Morgan fingerprint density at radius 3 is 2.00 bits per heavy atom. The number of amides is 1. The Hall–Kier alpha value is -2.26. The van der Waals surface area contributed by atoms with Gasteiger partial charge in [-0.25, -0.2) is 12.8 Å². The zero-order valence-electron chi connectivity index (χ0n) is 16.5. The van der Waals surface area contributed by atoms with E-state index in [1.165, 1.54) is 16.4 Å². The van der Waals surface area contributed by atoms with Crippen molar-refractivity contribution in [1.82, 2.24) is 9.21 Å². The Balaban J connectivity index is 1.69. The lowest BCUT2D eigenvalue weighted by molar-refractivity contribution is -0.151. The van der Waals surface area contributed by atoms with Crippen LogP contribution in [0.5, 0.6) is 0 Å². The lowest BCUT2D eigenvalue weighted by Crippen LogP contribution is -2.53. The molecule has 29 heavy (non-hydrogen) atoms. The number of rotatable bonds is 4. The van der Waals surface area contributed by atoms with E-state index in [1.54, 1.807) is 4.90 Å². The summed E-state index contributed by atoms with van der Waals surface area (Å²) in [7, 11) is -3.77. The van der Waals surface area contributed by atoms with Crippen molar-refractivity contribution in [3.63, 3.8) is 0 Å². The Bertz CT molecular complexity index is 934. The minimum Gasteiger partial charge on any atom is -0.481 e. The first-order valence-corrected chi connectivity index (χ1v) is 11.0. The van der Waals surface area contributed by atoms with Crippen LogP contribution in [0.15, 0.2) is 40.3 Å². The molecular weight excluding hydrogens is 399 g/mol. The third-order valence-corrected chi connectivity index (χ3v) is 7.82. The van der Waals surface area contributed by atoms with E-state index in [0.717, 1.165) is 23.3 Å². The zero-order valence-corrected chi connectivity index (χ0v) is 17.3. The molecule has 0 bridgehead atoms. The molecule has 3 rings (SSSR count). The Morgan fingerprint density at radius 1 is 0.966 bits per heavy atom. The highest BCUT2D eigenvalue weighted by molar-refractivity contribution is 7.89. The van der Waals surface area contributed by atoms with Crippen LogP contribution in [-0.4, -0.2) is 60.8 Å². The number of halogens is 1. The Morgan fingerprint density at radius 2 is 1.48 bits per heavy atom.